The van der Waals surface area contributed by atoms with E-state index in [0.717, 1.165) is 22.3 Å². The molecule has 1 aromatic heterocycles. The summed E-state index contributed by atoms with van der Waals surface area (Å²) in [6.45, 7) is 1.18. The highest BCUT2D eigenvalue weighted by Crippen LogP contribution is 2.44. The Bertz CT molecular complexity index is 1190. The minimum absolute atomic E-state index is 0.0315. The number of nitrogens with one attached hydrogen (secondary N) is 2. The maximum Gasteiger partial charge on any atom is 0.407 e. The topological polar surface area (TPSA) is 156 Å². The molecule has 182 valence electrons. The van der Waals surface area contributed by atoms with Crippen LogP contribution in [0.15, 0.2) is 54.7 Å². The minimum Gasteiger partial charge on any atom is -0.480 e. The average molecular weight is 479 g/mol. The van der Waals surface area contributed by atoms with Gasteiger partial charge in [0.1, 0.15) is 18.8 Å². The molecule has 4 rings (SSSR count). The Kier molecular flexibility index (Phi) is 7.06. The molecule has 2 amide bonds. The molecular formula is C24H25N5O6. The summed E-state index contributed by atoms with van der Waals surface area (Å²) in [4.78, 5) is 35.4. The lowest BCUT2D eigenvalue weighted by Crippen LogP contribution is -2.48. The van der Waals surface area contributed by atoms with Crippen molar-refractivity contribution in [2.24, 2.45) is 0 Å². The number of carboxylic acid groups (broad SMARTS) is 1. The van der Waals surface area contributed by atoms with E-state index >= 15 is 0 Å². The third kappa shape index (κ3) is 5.46. The Morgan fingerprint density at radius 1 is 1.09 bits per heavy atom. The normalized spacial score (nSPS) is 13.9. The van der Waals surface area contributed by atoms with Gasteiger partial charge in [0.05, 0.1) is 18.8 Å². The van der Waals surface area contributed by atoms with Gasteiger partial charge in [-0.1, -0.05) is 53.7 Å². The van der Waals surface area contributed by atoms with Crippen LogP contribution < -0.4 is 10.6 Å². The first-order valence-corrected chi connectivity index (χ1v) is 11.0. The van der Waals surface area contributed by atoms with Gasteiger partial charge in [-0.15, -0.1) is 5.10 Å². The van der Waals surface area contributed by atoms with Gasteiger partial charge in [-0.25, -0.2) is 14.3 Å². The van der Waals surface area contributed by atoms with Crippen LogP contribution in [-0.4, -0.2) is 61.9 Å². The van der Waals surface area contributed by atoms with Crippen molar-refractivity contribution in [3.05, 3.63) is 71.5 Å². The van der Waals surface area contributed by atoms with Gasteiger partial charge in [0, 0.05) is 5.92 Å². The molecule has 1 aliphatic carbocycles. The number of aliphatic carboxylic acids is 1. The molecule has 0 bridgehead atoms. The standard InChI is InChI=1S/C24H25N5O6/c1-14(30)22(23(32)33)26-21(31)12-29-11-15(27-28-29)10-25-24(34)35-13-20-18-8-4-2-6-16(18)17-7-3-5-9-19(17)20/h2-9,11,14,20,22,30H,10,12-13H2,1H3,(H,25,34)(H,26,31)(H,32,33)/t14-,22+/m1/s1. The van der Waals surface area contributed by atoms with E-state index in [1.54, 1.807) is 0 Å². The second kappa shape index (κ2) is 10.3. The van der Waals surface area contributed by atoms with Crippen LogP contribution in [0.4, 0.5) is 4.79 Å². The van der Waals surface area contributed by atoms with Gasteiger partial charge in [0.2, 0.25) is 5.91 Å². The molecule has 1 heterocycles. The van der Waals surface area contributed by atoms with Crippen LogP contribution in [0.3, 0.4) is 0 Å². The zero-order chi connectivity index (χ0) is 24.9. The van der Waals surface area contributed by atoms with Gasteiger partial charge >= 0.3 is 12.1 Å². The number of hydrogen-bond donors (Lipinski definition) is 4. The Labute approximate surface area is 200 Å². The number of aliphatic hydroxyl groups is 1. The van der Waals surface area contributed by atoms with E-state index < -0.39 is 30.1 Å². The molecule has 4 N–H and O–H groups in total. The molecule has 0 aliphatic heterocycles. The molecular weight excluding hydrogens is 454 g/mol. The van der Waals surface area contributed by atoms with Crippen LogP contribution in [0.5, 0.6) is 0 Å². The molecule has 0 unspecified atom stereocenters. The highest BCUT2D eigenvalue weighted by molar-refractivity contribution is 5.83. The van der Waals surface area contributed by atoms with Gasteiger partial charge in [-0.3, -0.25) is 4.79 Å². The van der Waals surface area contributed by atoms with Crippen molar-refractivity contribution in [2.45, 2.75) is 38.1 Å². The number of amides is 2. The lowest BCUT2D eigenvalue weighted by atomic mass is 9.98. The molecule has 0 spiro atoms. The highest BCUT2D eigenvalue weighted by atomic mass is 16.5. The fraction of sp³-hybridized carbons (Fsp3) is 0.292. The predicted octanol–water partition coefficient (Wildman–Crippen LogP) is 1.27. The summed E-state index contributed by atoms with van der Waals surface area (Å²) in [5.41, 5.74) is 4.89. The number of nitrogens with zero attached hydrogens (tertiary/aromatic N) is 3. The van der Waals surface area contributed by atoms with E-state index in [4.69, 9.17) is 9.84 Å². The maximum atomic E-state index is 12.3. The number of alkyl carbamates (subject to hydrolysis) is 1. The number of ether oxygens (including phenoxy) is 1. The van der Waals surface area contributed by atoms with Crippen LogP contribution in [0.25, 0.3) is 11.1 Å². The quantitative estimate of drug-likeness (QED) is 0.358. The fourth-order valence-electron chi connectivity index (χ4n) is 4.06. The van der Waals surface area contributed by atoms with E-state index in [9.17, 15) is 19.5 Å². The number of rotatable bonds is 9. The molecule has 0 radical (unpaired) electrons. The van der Waals surface area contributed by atoms with Crippen molar-refractivity contribution in [3.8, 4) is 11.1 Å². The summed E-state index contributed by atoms with van der Waals surface area (Å²) in [6, 6.07) is 14.7. The van der Waals surface area contributed by atoms with Gasteiger partial charge in [0.25, 0.3) is 0 Å². The van der Waals surface area contributed by atoms with Gasteiger partial charge in [-0.2, -0.15) is 0 Å². The van der Waals surface area contributed by atoms with Crippen LogP contribution in [-0.2, 0) is 27.4 Å². The number of fused-ring (bicyclic) bond motifs is 3. The fourth-order valence-corrected chi connectivity index (χ4v) is 4.06. The molecule has 2 aromatic carbocycles. The molecule has 3 aromatic rings. The molecule has 2 atom stereocenters. The molecule has 11 nitrogen and oxygen atoms in total. The summed E-state index contributed by atoms with van der Waals surface area (Å²) in [7, 11) is 0. The Balaban J connectivity index is 1.27. The highest BCUT2D eigenvalue weighted by Gasteiger charge is 2.29. The van der Waals surface area contributed by atoms with E-state index in [2.05, 4.69) is 33.1 Å². The van der Waals surface area contributed by atoms with Gasteiger partial charge < -0.3 is 25.6 Å². The summed E-state index contributed by atoms with van der Waals surface area (Å²) >= 11 is 0. The van der Waals surface area contributed by atoms with Crippen LogP contribution in [0.2, 0.25) is 0 Å². The van der Waals surface area contributed by atoms with Crippen LogP contribution in [0, 0.1) is 0 Å². The van der Waals surface area contributed by atoms with Crippen LogP contribution >= 0.6 is 0 Å². The first kappa shape index (κ1) is 23.9. The van der Waals surface area contributed by atoms with E-state index in [1.807, 2.05) is 36.4 Å². The zero-order valence-corrected chi connectivity index (χ0v) is 18.9. The Hall–Kier alpha value is -4.25. The number of carbonyl (C=O) groups is 3. The summed E-state index contributed by atoms with van der Waals surface area (Å²) in [5, 5.41) is 31.0. The molecule has 0 fully saturated rings. The number of aromatic nitrogens is 3. The molecule has 0 saturated carbocycles. The number of carbonyl (C=O) groups excluding carboxylic acids is 2. The molecule has 0 saturated heterocycles. The van der Waals surface area contributed by atoms with Crippen molar-refractivity contribution in [2.75, 3.05) is 6.61 Å². The lowest BCUT2D eigenvalue weighted by Gasteiger charge is -2.16. The Morgan fingerprint density at radius 2 is 1.71 bits per heavy atom. The third-order valence-corrected chi connectivity index (χ3v) is 5.71. The van der Waals surface area contributed by atoms with Crippen molar-refractivity contribution in [1.29, 1.82) is 0 Å². The Morgan fingerprint density at radius 3 is 2.31 bits per heavy atom. The number of hydrogen-bond acceptors (Lipinski definition) is 7. The van der Waals surface area contributed by atoms with Gasteiger partial charge in [0.15, 0.2) is 6.04 Å². The summed E-state index contributed by atoms with van der Waals surface area (Å²) in [6.07, 6.45) is -0.425. The first-order chi connectivity index (χ1) is 16.8. The SMILES string of the molecule is C[C@@H](O)[C@H](NC(=O)Cn1cc(CNC(=O)OCC2c3ccccc3-c3ccccc32)nn1)C(=O)O. The van der Waals surface area contributed by atoms with E-state index in [0.29, 0.717) is 5.69 Å². The monoisotopic (exact) mass is 479 g/mol. The molecule has 11 heteroatoms. The van der Waals surface area contributed by atoms with Crippen LogP contribution in [0.1, 0.15) is 29.7 Å². The maximum absolute atomic E-state index is 12.3. The summed E-state index contributed by atoms with van der Waals surface area (Å²) < 4.78 is 6.67. The smallest absolute Gasteiger partial charge is 0.407 e. The molecule has 1 aliphatic rings. The largest absolute Gasteiger partial charge is 0.480 e. The van der Waals surface area contributed by atoms with Crippen molar-refractivity contribution in [3.63, 3.8) is 0 Å². The van der Waals surface area contributed by atoms with E-state index in [-0.39, 0.29) is 25.6 Å². The molecule has 35 heavy (non-hydrogen) atoms. The number of benzene rings is 2. The van der Waals surface area contributed by atoms with Crippen molar-refractivity contribution in [1.82, 2.24) is 25.6 Å². The second-order valence-electron chi connectivity index (χ2n) is 8.21. The van der Waals surface area contributed by atoms with Crippen molar-refractivity contribution >= 4 is 18.0 Å². The summed E-state index contributed by atoms with van der Waals surface area (Å²) in [5.74, 6) is -2.05. The number of carboxylic acids is 1. The van der Waals surface area contributed by atoms with Gasteiger partial charge in [-0.05, 0) is 29.2 Å². The predicted molar refractivity (Wildman–Crippen MR) is 123 cm³/mol. The first-order valence-electron chi connectivity index (χ1n) is 11.0. The number of aliphatic hydroxyl groups excluding tert-OH is 1. The average Bonchev–Trinajstić information content (AvgIpc) is 3.41. The zero-order valence-electron chi connectivity index (χ0n) is 18.9. The third-order valence-electron chi connectivity index (χ3n) is 5.71. The second-order valence-corrected chi connectivity index (χ2v) is 8.21. The lowest BCUT2D eigenvalue weighted by molar-refractivity contribution is -0.144. The van der Waals surface area contributed by atoms with E-state index in [1.165, 1.54) is 17.8 Å². The van der Waals surface area contributed by atoms with Crippen molar-refractivity contribution < 1.29 is 29.3 Å². The minimum atomic E-state index is -1.43.